The maximum Gasteiger partial charge on any atom is 0.236 e. The summed E-state index contributed by atoms with van der Waals surface area (Å²) < 4.78 is 7.24. The van der Waals surface area contributed by atoms with Crippen LogP contribution in [0.4, 0.5) is 0 Å². The highest BCUT2D eigenvalue weighted by Gasteiger charge is 2.27. The van der Waals surface area contributed by atoms with Gasteiger partial charge in [-0.25, -0.2) is 0 Å². The second kappa shape index (κ2) is 6.68. The normalized spacial score (nSPS) is 15.2. The van der Waals surface area contributed by atoms with Crippen LogP contribution in [0.1, 0.15) is 17.4 Å². The summed E-state index contributed by atoms with van der Waals surface area (Å²) in [5, 5.41) is 11.0. The molecule has 3 aromatic rings. The van der Waals surface area contributed by atoms with Gasteiger partial charge in [-0.05, 0) is 42.5 Å². The third-order valence-electron chi connectivity index (χ3n) is 4.33. The van der Waals surface area contributed by atoms with Crippen molar-refractivity contribution >= 4 is 29.0 Å². The van der Waals surface area contributed by atoms with Crippen molar-refractivity contribution in [3.8, 4) is 11.6 Å². The van der Waals surface area contributed by atoms with Crippen LogP contribution < -0.4 is 0 Å². The number of carbonyl (C=O) groups excluding carboxylic acids is 1. The Morgan fingerprint density at radius 3 is 3.08 bits per heavy atom. The molecular formula is C17H18N4O2S2. The highest BCUT2D eigenvalue weighted by atomic mass is 32.2. The van der Waals surface area contributed by atoms with Gasteiger partial charge in [0.05, 0.1) is 11.5 Å². The van der Waals surface area contributed by atoms with E-state index in [9.17, 15) is 4.79 Å². The molecule has 1 aliphatic rings. The molecule has 0 bridgehead atoms. The van der Waals surface area contributed by atoms with Crippen molar-refractivity contribution < 1.29 is 9.21 Å². The fourth-order valence-electron chi connectivity index (χ4n) is 2.94. The van der Waals surface area contributed by atoms with Gasteiger partial charge < -0.3 is 13.9 Å². The molecule has 6 nitrogen and oxygen atoms in total. The predicted octanol–water partition coefficient (Wildman–Crippen LogP) is 3.20. The average molecular weight is 374 g/mol. The van der Waals surface area contributed by atoms with Crippen molar-refractivity contribution in [2.24, 2.45) is 7.05 Å². The summed E-state index contributed by atoms with van der Waals surface area (Å²) >= 11 is 3.21. The number of carbonyl (C=O) groups is 1. The molecule has 3 aromatic heterocycles. The third kappa shape index (κ3) is 3.11. The summed E-state index contributed by atoms with van der Waals surface area (Å²) in [7, 11) is 1.88. The molecule has 0 aliphatic carbocycles. The van der Waals surface area contributed by atoms with Crippen LogP contribution in [-0.2, 0) is 24.8 Å². The van der Waals surface area contributed by atoms with Crippen molar-refractivity contribution in [2.45, 2.75) is 30.3 Å². The molecule has 130 valence electrons. The molecule has 0 aromatic carbocycles. The number of thioether (sulfide) groups is 1. The van der Waals surface area contributed by atoms with Gasteiger partial charge in [-0.2, -0.15) is 0 Å². The van der Waals surface area contributed by atoms with Crippen molar-refractivity contribution in [3.63, 3.8) is 0 Å². The lowest BCUT2D eigenvalue weighted by Gasteiger charge is -2.29. The zero-order valence-electron chi connectivity index (χ0n) is 14.0. The number of amides is 1. The first-order chi connectivity index (χ1) is 12.1. The van der Waals surface area contributed by atoms with Gasteiger partial charge in [0.1, 0.15) is 0 Å². The van der Waals surface area contributed by atoms with E-state index in [0.29, 0.717) is 23.3 Å². The lowest BCUT2D eigenvalue weighted by Crippen LogP contribution is -2.39. The number of furan rings is 1. The number of fused-ring (bicyclic) bond motifs is 1. The number of thiophene rings is 1. The van der Waals surface area contributed by atoms with Gasteiger partial charge in [0, 0.05) is 25.0 Å². The Bertz CT molecular complexity index is 884. The van der Waals surface area contributed by atoms with Crippen LogP contribution in [0.5, 0.6) is 0 Å². The number of nitrogens with zero attached hydrogens (tertiary/aromatic N) is 4. The monoisotopic (exact) mass is 374 g/mol. The Kier molecular flexibility index (Phi) is 4.39. The summed E-state index contributed by atoms with van der Waals surface area (Å²) in [6.45, 7) is 3.42. The van der Waals surface area contributed by atoms with Crippen molar-refractivity contribution in [1.29, 1.82) is 0 Å². The van der Waals surface area contributed by atoms with E-state index in [0.717, 1.165) is 13.0 Å². The van der Waals surface area contributed by atoms with E-state index in [1.807, 2.05) is 35.6 Å². The van der Waals surface area contributed by atoms with E-state index in [1.54, 1.807) is 17.6 Å². The Morgan fingerprint density at radius 1 is 1.40 bits per heavy atom. The maximum atomic E-state index is 12.8. The first-order valence-corrected chi connectivity index (χ1v) is 9.83. The summed E-state index contributed by atoms with van der Waals surface area (Å²) in [6, 6.07) is 5.78. The predicted molar refractivity (Wildman–Crippen MR) is 97.5 cm³/mol. The molecule has 4 heterocycles. The summed E-state index contributed by atoms with van der Waals surface area (Å²) in [6.07, 6.45) is 2.56. The van der Waals surface area contributed by atoms with Crippen LogP contribution in [0.25, 0.3) is 11.6 Å². The van der Waals surface area contributed by atoms with Gasteiger partial charge >= 0.3 is 0 Å². The summed E-state index contributed by atoms with van der Waals surface area (Å²) in [5.41, 5.74) is 1.28. The van der Waals surface area contributed by atoms with E-state index >= 15 is 0 Å². The Balaban J connectivity index is 1.45. The lowest BCUT2D eigenvalue weighted by atomic mass is 10.1. The van der Waals surface area contributed by atoms with E-state index in [1.165, 1.54) is 22.2 Å². The number of hydrogen-bond acceptors (Lipinski definition) is 6. The van der Waals surface area contributed by atoms with Gasteiger partial charge in [0.15, 0.2) is 16.7 Å². The van der Waals surface area contributed by atoms with Gasteiger partial charge in [-0.1, -0.05) is 11.8 Å². The SMILES string of the molecule is CC(Sc1nnc(-c2ccco2)n1C)C(=O)N1CCc2sccc2C1. The number of hydrogen-bond donors (Lipinski definition) is 0. The second-order valence-electron chi connectivity index (χ2n) is 5.98. The molecule has 1 unspecified atom stereocenters. The molecule has 25 heavy (non-hydrogen) atoms. The van der Waals surface area contributed by atoms with Gasteiger partial charge in [-0.15, -0.1) is 21.5 Å². The minimum Gasteiger partial charge on any atom is -0.461 e. The maximum absolute atomic E-state index is 12.8. The lowest BCUT2D eigenvalue weighted by molar-refractivity contribution is -0.131. The van der Waals surface area contributed by atoms with Crippen LogP contribution in [0.15, 0.2) is 39.4 Å². The second-order valence-corrected chi connectivity index (χ2v) is 8.29. The molecule has 1 aliphatic heterocycles. The van der Waals surface area contributed by atoms with E-state index in [-0.39, 0.29) is 11.2 Å². The first kappa shape index (κ1) is 16.4. The fourth-order valence-corrected chi connectivity index (χ4v) is 4.73. The molecule has 1 amide bonds. The molecule has 4 rings (SSSR count). The van der Waals surface area contributed by atoms with Gasteiger partial charge in [0.2, 0.25) is 5.91 Å². The Labute approximate surface area is 153 Å². The van der Waals surface area contributed by atoms with Crippen LogP contribution in [0.3, 0.4) is 0 Å². The van der Waals surface area contributed by atoms with Gasteiger partial charge in [0.25, 0.3) is 0 Å². The van der Waals surface area contributed by atoms with Crippen LogP contribution >= 0.6 is 23.1 Å². The molecule has 0 saturated heterocycles. The van der Waals surface area contributed by atoms with Gasteiger partial charge in [-0.3, -0.25) is 4.79 Å². The molecule has 1 atom stereocenters. The largest absolute Gasteiger partial charge is 0.461 e. The molecule has 8 heteroatoms. The summed E-state index contributed by atoms with van der Waals surface area (Å²) in [5.74, 6) is 1.47. The Hall–Kier alpha value is -2.06. The molecule has 0 spiro atoms. The quantitative estimate of drug-likeness (QED) is 0.656. The van der Waals surface area contributed by atoms with E-state index in [4.69, 9.17) is 4.42 Å². The molecule has 0 saturated carbocycles. The standard InChI is InChI=1S/C17H18N4O2S2/c1-11(16(22)21-7-5-14-12(10-21)6-9-24-14)25-17-19-18-15(20(17)2)13-4-3-8-23-13/h3-4,6,8-9,11H,5,7,10H2,1-2H3. The molecule has 0 fully saturated rings. The highest BCUT2D eigenvalue weighted by Crippen LogP contribution is 2.29. The number of rotatable bonds is 4. The minimum absolute atomic E-state index is 0.143. The summed E-state index contributed by atoms with van der Waals surface area (Å²) in [4.78, 5) is 16.2. The zero-order valence-corrected chi connectivity index (χ0v) is 15.6. The smallest absolute Gasteiger partial charge is 0.236 e. The van der Waals surface area contributed by atoms with Crippen LogP contribution in [0, 0.1) is 0 Å². The fraction of sp³-hybridized carbons (Fsp3) is 0.353. The molecular weight excluding hydrogens is 356 g/mol. The Morgan fingerprint density at radius 2 is 2.28 bits per heavy atom. The minimum atomic E-state index is -0.215. The molecule has 0 N–H and O–H groups in total. The van der Waals surface area contributed by atoms with Crippen LogP contribution in [-0.4, -0.2) is 37.4 Å². The van der Waals surface area contributed by atoms with Crippen LogP contribution in [0.2, 0.25) is 0 Å². The zero-order chi connectivity index (χ0) is 17.4. The van der Waals surface area contributed by atoms with Crippen molar-refractivity contribution in [1.82, 2.24) is 19.7 Å². The van der Waals surface area contributed by atoms with E-state index < -0.39 is 0 Å². The number of aromatic nitrogens is 3. The van der Waals surface area contributed by atoms with Crippen molar-refractivity contribution in [3.05, 3.63) is 40.3 Å². The van der Waals surface area contributed by atoms with Crippen molar-refractivity contribution in [2.75, 3.05) is 6.54 Å². The third-order valence-corrected chi connectivity index (χ3v) is 6.47. The first-order valence-electron chi connectivity index (χ1n) is 8.07. The van der Waals surface area contributed by atoms with E-state index in [2.05, 4.69) is 21.6 Å². The topological polar surface area (TPSA) is 64.2 Å². The highest BCUT2D eigenvalue weighted by molar-refractivity contribution is 8.00. The average Bonchev–Trinajstić information content (AvgIpc) is 3.35. The molecule has 0 radical (unpaired) electrons.